The molecule has 1 N–H and O–H groups in total. The van der Waals surface area contributed by atoms with Crippen LogP contribution >= 0.6 is 0 Å². The van der Waals surface area contributed by atoms with Gasteiger partial charge in [-0.25, -0.2) is 0 Å². The molecule has 0 atom stereocenters. The minimum atomic E-state index is -4.23. The fraction of sp³-hybridized carbons (Fsp3) is 0. The van der Waals surface area contributed by atoms with E-state index >= 15 is 0 Å². The second-order valence-corrected chi connectivity index (χ2v) is 3.60. The van der Waals surface area contributed by atoms with Gasteiger partial charge in [-0.05, 0) is 12.1 Å². The van der Waals surface area contributed by atoms with Gasteiger partial charge in [0.1, 0.15) is 10.6 Å². The van der Waals surface area contributed by atoms with E-state index in [1.54, 1.807) is 6.07 Å². The molecule has 0 aliphatic rings. The molecule has 0 radical (unpaired) electrons. The van der Waals surface area contributed by atoms with Gasteiger partial charge in [0.2, 0.25) is 0 Å². The predicted molar refractivity (Wildman–Crippen MR) is 48.2 cm³/mol. The third kappa shape index (κ3) is 3.82. The topological polar surface area (TPSA) is 63.6 Å². The molecule has 0 saturated heterocycles. The van der Waals surface area contributed by atoms with Crippen LogP contribution in [0.3, 0.4) is 0 Å². The number of benzene rings is 1. The van der Waals surface area contributed by atoms with Gasteiger partial charge in [0, 0.05) is 0 Å². The van der Waals surface area contributed by atoms with Crippen LogP contribution in [0.1, 0.15) is 1.43 Å². The summed E-state index contributed by atoms with van der Waals surface area (Å²) < 4.78 is 35.1. The molecule has 0 saturated carbocycles. The second-order valence-electron chi connectivity index (χ2n) is 2.21. The smallest absolute Gasteiger partial charge is 1.00 e. The minimum absolute atomic E-state index is 0. The average molecular weight is 240 g/mol. The predicted octanol–water partition coefficient (Wildman–Crippen LogP) is -1.43. The zero-order chi connectivity index (χ0) is 9.90. The van der Waals surface area contributed by atoms with Crippen molar-refractivity contribution < 1.29 is 70.5 Å². The van der Waals surface area contributed by atoms with Gasteiger partial charge in [-0.2, -0.15) is 8.42 Å². The zero-order valence-corrected chi connectivity index (χ0v) is 11.6. The molecular formula is C8H9KO4S. The average Bonchev–Trinajstić information content (AvgIpc) is 2.04. The van der Waals surface area contributed by atoms with Crippen molar-refractivity contribution in [2.75, 3.05) is 0 Å². The minimum Gasteiger partial charge on any atom is -1.00 e. The van der Waals surface area contributed by atoms with Crippen LogP contribution in [-0.4, -0.2) is 13.0 Å². The van der Waals surface area contributed by atoms with E-state index in [2.05, 4.69) is 6.58 Å². The number of hydrogen-bond donors (Lipinski definition) is 1. The Morgan fingerprint density at radius 3 is 2.50 bits per heavy atom. The number of para-hydroxylation sites is 1. The molecule has 0 aromatic heterocycles. The molecule has 0 bridgehead atoms. The van der Waals surface area contributed by atoms with Crippen LogP contribution in [-0.2, 0) is 10.1 Å². The van der Waals surface area contributed by atoms with Crippen molar-refractivity contribution in [3.8, 4) is 5.75 Å². The van der Waals surface area contributed by atoms with Crippen LogP contribution < -0.4 is 56.1 Å². The molecule has 0 fully saturated rings. The maximum Gasteiger partial charge on any atom is 1.00 e. The normalized spacial score (nSPS) is 10.1. The van der Waals surface area contributed by atoms with Crippen molar-refractivity contribution in [1.29, 1.82) is 0 Å². The zero-order valence-electron chi connectivity index (χ0n) is 8.67. The van der Waals surface area contributed by atoms with E-state index in [0.29, 0.717) is 0 Å². The van der Waals surface area contributed by atoms with Gasteiger partial charge in [-0.3, -0.25) is 4.55 Å². The Kier molecular flexibility index (Phi) is 6.14. The van der Waals surface area contributed by atoms with E-state index in [9.17, 15) is 8.42 Å². The summed E-state index contributed by atoms with van der Waals surface area (Å²) in [6.07, 6.45) is 1.09. The third-order valence-corrected chi connectivity index (χ3v) is 2.23. The van der Waals surface area contributed by atoms with Gasteiger partial charge in [0.15, 0.2) is 0 Å². The summed E-state index contributed by atoms with van der Waals surface area (Å²) in [4.78, 5) is -0.269. The van der Waals surface area contributed by atoms with Gasteiger partial charge >= 0.3 is 51.4 Å². The first-order valence-electron chi connectivity index (χ1n) is 3.40. The molecule has 0 unspecified atom stereocenters. The van der Waals surface area contributed by atoms with E-state index < -0.39 is 10.1 Å². The van der Waals surface area contributed by atoms with Crippen molar-refractivity contribution in [3.05, 3.63) is 37.1 Å². The standard InChI is InChI=1S/C8H8O4S.K.H/c1-2-12-7-5-3-4-6-8(7)13(9,10)11;;/h2-6H,1H2,(H,9,10,11);;/q;+1;-1. The van der Waals surface area contributed by atoms with Crippen LogP contribution in [0.4, 0.5) is 0 Å². The van der Waals surface area contributed by atoms with E-state index in [1.165, 1.54) is 18.2 Å². The van der Waals surface area contributed by atoms with E-state index in [4.69, 9.17) is 9.29 Å². The van der Waals surface area contributed by atoms with Gasteiger partial charge in [0.25, 0.3) is 10.1 Å². The summed E-state index contributed by atoms with van der Waals surface area (Å²) in [5.74, 6) is 0.0556. The molecule has 72 valence electrons. The molecule has 0 heterocycles. The van der Waals surface area contributed by atoms with Crippen molar-refractivity contribution >= 4 is 10.1 Å². The fourth-order valence-electron chi connectivity index (χ4n) is 0.850. The quantitative estimate of drug-likeness (QED) is 0.400. The maximum absolute atomic E-state index is 10.8. The molecule has 0 amide bonds. The van der Waals surface area contributed by atoms with Gasteiger partial charge in [0.05, 0.1) is 6.26 Å². The molecular weight excluding hydrogens is 231 g/mol. The van der Waals surface area contributed by atoms with Crippen molar-refractivity contribution in [2.24, 2.45) is 0 Å². The van der Waals surface area contributed by atoms with E-state index in [0.717, 1.165) is 6.26 Å². The maximum atomic E-state index is 10.8. The molecule has 1 aromatic carbocycles. The second kappa shape index (κ2) is 6.01. The van der Waals surface area contributed by atoms with Crippen LogP contribution in [0, 0.1) is 0 Å². The van der Waals surface area contributed by atoms with Crippen LogP contribution in [0.25, 0.3) is 0 Å². The van der Waals surface area contributed by atoms with Crippen LogP contribution in [0.2, 0.25) is 0 Å². The summed E-state index contributed by atoms with van der Waals surface area (Å²) in [5, 5.41) is 0. The van der Waals surface area contributed by atoms with E-state index in [-0.39, 0.29) is 63.5 Å². The number of hydrogen-bond acceptors (Lipinski definition) is 3. The summed E-state index contributed by atoms with van der Waals surface area (Å²) in [6.45, 7) is 3.28. The summed E-state index contributed by atoms with van der Waals surface area (Å²) in [7, 11) is -4.23. The monoisotopic (exact) mass is 240 g/mol. The molecule has 0 spiro atoms. The third-order valence-electron chi connectivity index (χ3n) is 1.34. The first-order valence-corrected chi connectivity index (χ1v) is 4.84. The van der Waals surface area contributed by atoms with Crippen molar-refractivity contribution in [1.82, 2.24) is 0 Å². The Morgan fingerprint density at radius 1 is 1.43 bits per heavy atom. The van der Waals surface area contributed by atoms with Crippen molar-refractivity contribution in [3.63, 3.8) is 0 Å². The molecule has 14 heavy (non-hydrogen) atoms. The summed E-state index contributed by atoms with van der Waals surface area (Å²) in [5.41, 5.74) is 0. The molecule has 0 aliphatic carbocycles. The van der Waals surface area contributed by atoms with Gasteiger partial charge in [-0.1, -0.05) is 18.7 Å². The summed E-state index contributed by atoms with van der Waals surface area (Å²) in [6, 6.07) is 5.74. The summed E-state index contributed by atoms with van der Waals surface area (Å²) >= 11 is 0. The Hall–Kier alpha value is 0.306. The molecule has 4 nitrogen and oxygen atoms in total. The van der Waals surface area contributed by atoms with Gasteiger partial charge < -0.3 is 6.16 Å². The Balaban J connectivity index is 0. The Bertz CT molecular complexity index is 418. The number of ether oxygens (including phenoxy) is 1. The Morgan fingerprint density at radius 2 is 2.00 bits per heavy atom. The molecule has 6 heteroatoms. The SMILES string of the molecule is C=COc1ccccc1S(=O)(=O)O.[H-].[K+]. The fourth-order valence-corrected chi connectivity index (χ4v) is 1.47. The van der Waals surface area contributed by atoms with Crippen LogP contribution in [0.15, 0.2) is 42.0 Å². The molecule has 0 aliphatic heterocycles. The Labute approximate surface area is 127 Å². The van der Waals surface area contributed by atoms with Gasteiger partial charge in [-0.15, -0.1) is 0 Å². The molecule has 1 aromatic rings. The van der Waals surface area contributed by atoms with E-state index in [1.807, 2.05) is 0 Å². The molecule has 1 rings (SSSR count). The number of rotatable bonds is 3. The van der Waals surface area contributed by atoms with Crippen LogP contribution in [0.5, 0.6) is 5.75 Å². The van der Waals surface area contributed by atoms with Crippen molar-refractivity contribution in [2.45, 2.75) is 4.90 Å². The largest absolute Gasteiger partial charge is 1.00 e. The first kappa shape index (κ1) is 14.3. The first-order chi connectivity index (χ1) is 6.05.